The van der Waals surface area contributed by atoms with Crippen LogP contribution in [0.5, 0.6) is 0 Å². The van der Waals surface area contributed by atoms with Crippen LogP contribution < -0.4 is 10.0 Å². The smallest absolute Gasteiger partial charge is 0.347 e. The van der Waals surface area contributed by atoms with E-state index in [1.807, 2.05) is 0 Å². The molecule has 1 aromatic carbocycles. The maximum Gasteiger partial charge on any atom is 0.347 e. The van der Waals surface area contributed by atoms with Gasteiger partial charge in [0.2, 0.25) is 0 Å². The first-order chi connectivity index (χ1) is 9.85. The van der Waals surface area contributed by atoms with Gasteiger partial charge < -0.3 is 10.8 Å². The lowest BCUT2D eigenvalue weighted by Crippen LogP contribution is -2.41. The summed E-state index contributed by atoms with van der Waals surface area (Å²) < 4.78 is 25.4. The Labute approximate surface area is 124 Å². The van der Waals surface area contributed by atoms with Crippen LogP contribution in [-0.2, 0) is 10.0 Å². The molecule has 0 atom stereocenters. The summed E-state index contributed by atoms with van der Waals surface area (Å²) in [5, 5.41) is 10.3. The van der Waals surface area contributed by atoms with E-state index in [2.05, 4.69) is 0 Å². The fourth-order valence-corrected chi connectivity index (χ4v) is 4.27. The number of benzene rings is 1. The van der Waals surface area contributed by atoms with Gasteiger partial charge in [-0.15, -0.1) is 11.3 Å². The number of nitrogens with zero attached hydrogens (tertiary/aromatic N) is 1. The van der Waals surface area contributed by atoms with E-state index in [0.717, 1.165) is 17.4 Å². The molecule has 0 radical (unpaired) electrons. The lowest BCUT2D eigenvalue weighted by molar-refractivity contribution is 0.0698. The molecule has 0 aliphatic heterocycles. The molecule has 0 aliphatic rings. The number of anilines is 1. The third-order valence-corrected chi connectivity index (χ3v) is 5.33. The van der Waals surface area contributed by atoms with Crippen molar-refractivity contribution in [1.29, 1.82) is 0 Å². The Balaban J connectivity index is 2.62. The van der Waals surface area contributed by atoms with E-state index >= 15 is 0 Å². The quantitative estimate of drug-likeness (QED) is 0.887. The molecule has 1 heterocycles. The van der Waals surface area contributed by atoms with Gasteiger partial charge in [0.15, 0.2) is 0 Å². The minimum Gasteiger partial charge on any atom is -0.477 e. The van der Waals surface area contributed by atoms with Crippen LogP contribution in [-0.4, -0.2) is 25.5 Å². The third kappa shape index (κ3) is 2.73. The first kappa shape index (κ1) is 15.0. The Morgan fingerprint density at radius 3 is 2.29 bits per heavy atom. The van der Waals surface area contributed by atoms with E-state index < -0.39 is 26.9 Å². The summed E-state index contributed by atoms with van der Waals surface area (Å²) in [5.74, 6) is -1.39. The summed E-state index contributed by atoms with van der Waals surface area (Å²) in [6, 6.07) is 7.39. The molecule has 7 nitrogen and oxygen atoms in total. The average molecular weight is 326 g/mol. The van der Waals surface area contributed by atoms with Gasteiger partial charge in [0.05, 0.1) is 5.69 Å². The summed E-state index contributed by atoms with van der Waals surface area (Å²) in [7, 11) is -4.40. The number of aromatic carboxylic acids is 1. The zero-order chi connectivity index (χ0) is 15.6. The number of urea groups is 1. The van der Waals surface area contributed by atoms with Gasteiger partial charge in [-0.25, -0.2) is 18.0 Å². The van der Waals surface area contributed by atoms with Crippen molar-refractivity contribution in [3.05, 3.63) is 46.7 Å². The van der Waals surface area contributed by atoms with Gasteiger partial charge in [0.1, 0.15) is 9.77 Å². The van der Waals surface area contributed by atoms with Crippen LogP contribution >= 0.6 is 11.3 Å². The van der Waals surface area contributed by atoms with E-state index in [4.69, 9.17) is 10.8 Å². The molecule has 9 heteroatoms. The Hall–Kier alpha value is -2.39. The van der Waals surface area contributed by atoms with Crippen molar-refractivity contribution in [1.82, 2.24) is 0 Å². The van der Waals surface area contributed by atoms with Crippen molar-refractivity contribution in [3.8, 4) is 0 Å². The molecule has 21 heavy (non-hydrogen) atoms. The first-order valence-corrected chi connectivity index (χ1v) is 7.88. The number of sulfonamides is 1. The number of carbonyl (C=O) groups is 2. The first-order valence-electron chi connectivity index (χ1n) is 5.56. The molecule has 1 aromatic heterocycles. The number of carboxylic acid groups (broad SMARTS) is 1. The predicted molar refractivity (Wildman–Crippen MR) is 77.0 cm³/mol. The molecular formula is C12H10N2O5S2. The van der Waals surface area contributed by atoms with Gasteiger partial charge in [-0.3, -0.25) is 0 Å². The number of amides is 2. The van der Waals surface area contributed by atoms with E-state index in [9.17, 15) is 18.0 Å². The Bertz CT molecular complexity index is 783. The van der Waals surface area contributed by atoms with Gasteiger partial charge in [0, 0.05) is 0 Å². The molecule has 0 aliphatic carbocycles. The number of carboxylic acids is 1. The second-order valence-electron chi connectivity index (χ2n) is 3.86. The van der Waals surface area contributed by atoms with Gasteiger partial charge in [-0.05, 0) is 23.6 Å². The number of hydrogen-bond acceptors (Lipinski definition) is 5. The maximum absolute atomic E-state index is 12.5. The molecule has 0 saturated carbocycles. The molecule has 2 aromatic rings. The number of thiophene rings is 1. The van der Waals surface area contributed by atoms with Crippen molar-refractivity contribution < 1.29 is 23.1 Å². The predicted octanol–water partition coefficient (Wildman–Crippen LogP) is 1.72. The molecule has 0 fully saturated rings. The fourth-order valence-electron chi connectivity index (χ4n) is 1.70. The molecule has 0 saturated heterocycles. The standard InChI is InChI=1S/C12H10N2O5S2/c13-12(17)14(8-4-2-1-3-5-8)21(18,19)9-6-7-20-10(9)11(15)16/h1-7H,(H2,13,17)(H,15,16). The van der Waals surface area contributed by atoms with Gasteiger partial charge in [-0.2, -0.15) is 4.31 Å². The second-order valence-corrected chi connectivity index (χ2v) is 6.53. The normalized spacial score (nSPS) is 11.0. The van der Waals surface area contributed by atoms with Crippen LogP contribution in [0.15, 0.2) is 46.7 Å². The lowest BCUT2D eigenvalue weighted by atomic mass is 10.3. The van der Waals surface area contributed by atoms with Gasteiger partial charge in [-0.1, -0.05) is 18.2 Å². The van der Waals surface area contributed by atoms with E-state index in [-0.39, 0.29) is 10.6 Å². The topological polar surface area (TPSA) is 118 Å². The van der Waals surface area contributed by atoms with Crippen LogP contribution in [0.3, 0.4) is 0 Å². The highest BCUT2D eigenvalue weighted by Crippen LogP contribution is 2.28. The zero-order valence-corrected chi connectivity index (χ0v) is 12.1. The minimum absolute atomic E-state index is 0.0348. The molecule has 0 spiro atoms. The van der Waals surface area contributed by atoms with Crippen molar-refractivity contribution >= 4 is 39.0 Å². The number of rotatable bonds is 4. The highest BCUT2D eigenvalue weighted by molar-refractivity contribution is 7.93. The summed E-state index contributed by atoms with van der Waals surface area (Å²) in [6.45, 7) is 0. The molecule has 0 unspecified atom stereocenters. The van der Waals surface area contributed by atoms with Crippen LogP contribution in [0.1, 0.15) is 9.67 Å². The highest BCUT2D eigenvalue weighted by Gasteiger charge is 2.33. The number of carbonyl (C=O) groups excluding carboxylic acids is 1. The number of para-hydroxylation sites is 1. The van der Waals surface area contributed by atoms with E-state index in [1.54, 1.807) is 6.07 Å². The third-order valence-electron chi connectivity index (χ3n) is 2.53. The van der Waals surface area contributed by atoms with Crippen molar-refractivity contribution in [2.45, 2.75) is 4.90 Å². The van der Waals surface area contributed by atoms with E-state index in [0.29, 0.717) is 4.31 Å². The summed E-state index contributed by atoms with van der Waals surface area (Å²) >= 11 is 0.751. The monoisotopic (exact) mass is 326 g/mol. The van der Waals surface area contributed by atoms with E-state index in [1.165, 1.54) is 29.6 Å². The number of hydrogen-bond donors (Lipinski definition) is 2. The number of nitrogens with two attached hydrogens (primary N) is 1. The Morgan fingerprint density at radius 2 is 1.76 bits per heavy atom. The SMILES string of the molecule is NC(=O)N(c1ccccc1)S(=O)(=O)c1ccsc1C(=O)O. The second kappa shape index (κ2) is 5.54. The van der Waals surface area contributed by atoms with Crippen molar-refractivity contribution in [2.75, 3.05) is 4.31 Å². The molecule has 3 N–H and O–H groups in total. The highest BCUT2D eigenvalue weighted by atomic mass is 32.2. The minimum atomic E-state index is -4.40. The average Bonchev–Trinajstić information content (AvgIpc) is 2.89. The summed E-state index contributed by atoms with van der Waals surface area (Å²) in [5.41, 5.74) is 5.19. The molecule has 0 bridgehead atoms. The molecule has 2 rings (SSSR count). The van der Waals surface area contributed by atoms with Crippen molar-refractivity contribution in [2.24, 2.45) is 5.73 Å². The molecular weight excluding hydrogens is 316 g/mol. The van der Waals surface area contributed by atoms with Gasteiger partial charge in [0.25, 0.3) is 10.0 Å². The van der Waals surface area contributed by atoms with Crippen molar-refractivity contribution in [3.63, 3.8) is 0 Å². The maximum atomic E-state index is 12.5. The Morgan fingerprint density at radius 1 is 1.14 bits per heavy atom. The summed E-state index contributed by atoms with van der Waals surface area (Å²) in [4.78, 5) is 21.8. The molecule has 2 amide bonds. The lowest BCUT2D eigenvalue weighted by Gasteiger charge is -2.20. The number of primary amides is 1. The van der Waals surface area contributed by atoms with Crippen LogP contribution in [0, 0.1) is 0 Å². The fraction of sp³-hybridized carbons (Fsp3) is 0. The van der Waals surface area contributed by atoms with Crippen LogP contribution in [0.25, 0.3) is 0 Å². The van der Waals surface area contributed by atoms with Crippen LogP contribution in [0.4, 0.5) is 10.5 Å². The van der Waals surface area contributed by atoms with Gasteiger partial charge >= 0.3 is 12.0 Å². The van der Waals surface area contributed by atoms with Crippen LogP contribution in [0.2, 0.25) is 0 Å². The largest absolute Gasteiger partial charge is 0.477 e. The Kier molecular flexibility index (Phi) is 3.96. The zero-order valence-electron chi connectivity index (χ0n) is 10.5. The molecule has 110 valence electrons. The summed E-state index contributed by atoms with van der Waals surface area (Å²) in [6.07, 6.45) is 0.